The summed E-state index contributed by atoms with van der Waals surface area (Å²) in [4.78, 5) is 22.9. The Morgan fingerprint density at radius 1 is 1.30 bits per heavy atom. The van der Waals surface area contributed by atoms with Crippen molar-refractivity contribution >= 4 is 39.0 Å². The van der Waals surface area contributed by atoms with Gasteiger partial charge in [0.2, 0.25) is 5.91 Å². The van der Waals surface area contributed by atoms with Gasteiger partial charge in [-0.15, -0.1) is 0 Å². The number of carbonyl (C=O) groups excluding carboxylic acids is 1. The van der Waals surface area contributed by atoms with Crippen LogP contribution >= 0.6 is 11.6 Å². The Bertz CT molecular complexity index is 666. The van der Waals surface area contributed by atoms with Crippen LogP contribution in [-0.2, 0) is 14.6 Å². The van der Waals surface area contributed by atoms with Crippen LogP contribution in [0.2, 0.25) is 5.02 Å². The monoisotopic (exact) mass is 319 g/mol. The molecule has 0 saturated carbocycles. The van der Waals surface area contributed by atoms with Gasteiger partial charge in [0.05, 0.1) is 10.6 Å². The quantitative estimate of drug-likeness (QED) is 0.881. The molecule has 20 heavy (non-hydrogen) atoms. The number of nitrogens with one attached hydrogen (secondary N) is 1. The molecule has 1 rings (SSSR count). The smallest absolute Gasteiger partial charge is 0.337 e. The molecule has 0 bridgehead atoms. The summed E-state index contributed by atoms with van der Waals surface area (Å²) in [5.41, 5.74) is -0.0184. The van der Waals surface area contributed by atoms with Crippen molar-refractivity contribution in [2.24, 2.45) is 0 Å². The van der Waals surface area contributed by atoms with Crippen LogP contribution in [0.1, 0.15) is 24.2 Å². The highest BCUT2D eigenvalue weighted by atomic mass is 35.5. The van der Waals surface area contributed by atoms with Crippen LogP contribution in [0.5, 0.6) is 0 Å². The average Bonchev–Trinajstić information content (AvgIpc) is 2.29. The first-order valence-corrected chi connectivity index (χ1v) is 7.77. The Labute approximate surface area is 121 Å². The van der Waals surface area contributed by atoms with Gasteiger partial charge in [-0.05, 0) is 32.0 Å². The molecule has 0 saturated heterocycles. The van der Waals surface area contributed by atoms with Crippen molar-refractivity contribution in [3.8, 4) is 0 Å². The zero-order chi connectivity index (χ0) is 15.7. The minimum Gasteiger partial charge on any atom is -0.478 e. The number of rotatable bonds is 4. The van der Waals surface area contributed by atoms with Crippen molar-refractivity contribution in [2.45, 2.75) is 18.6 Å². The Hall–Kier alpha value is -1.60. The van der Waals surface area contributed by atoms with Gasteiger partial charge >= 0.3 is 5.97 Å². The fourth-order valence-corrected chi connectivity index (χ4v) is 1.80. The Morgan fingerprint density at radius 2 is 1.85 bits per heavy atom. The number of sulfone groups is 1. The molecule has 0 unspecified atom stereocenters. The summed E-state index contributed by atoms with van der Waals surface area (Å²) in [7, 11) is -3.61. The number of aromatic carboxylic acids is 1. The highest BCUT2D eigenvalue weighted by Crippen LogP contribution is 2.23. The highest BCUT2D eigenvalue weighted by Gasteiger charge is 2.38. The van der Waals surface area contributed by atoms with E-state index in [0.29, 0.717) is 0 Å². The predicted octanol–water partition coefficient (Wildman–Crippen LogP) is 1.80. The van der Waals surface area contributed by atoms with E-state index in [-0.39, 0.29) is 16.3 Å². The lowest BCUT2D eigenvalue weighted by molar-refractivity contribution is -0.117. The van der Waals surface area contributed by atoms with Crippen LogP contribution in [0.15, 0.2) is 18.2 Å². The first-order chi connectivity index (χ1) is 8.96. The molecule has 1 aromatic rings. The minimum atomic E-state index is -3.61. The number of halogens is 1. The summed E-state index contributed by atoms with van der Waals surface area (Å²) < 4.78 is 21.4. The molecule has 110 valence electrons. The molecule has 0 aliphatic carbocycles. The number of hydrogen-bond donors (Lipinski definition) is 2. The second-order valence-electron chi connectivity index (χ2n) is 4.74. The summed E-state index contributed by atoms with van der Waals surface area (Å²) in [5.74, 6) is -1.99. The van der Waals surface area contributed by atoms with E-state index in [1.165, 1.54) is 32.0 Å². The van der Waals surface area contributed by atoms with E-state index in [1.807, 2.05) is 0 Å². The molecular weight excluding hydrogens is 306 g/mol. The molecule has 0 atom stereocenters. The summed E-state index contributed by atoms with van der Waals surface area (Å²) in [5, 5.41) is 11.3. The van der Waals surface area contributed by atoms with Crippen molar-refractivity contribution in [1.82, 2.24) is 0 Å². The van der Waals surface area contributed by atoms with E-state index in [2.05, 4.69) is 5.32 Å². The number of hydrogen-bond acceptors (Lipinski definition) is 4. The van der Waals surface area contributed by atoms with Gasteiger partial charge in [-0.2, -0.15) is 0 Å². The Kier molecular flexibility index (Phi) is 4.45. The van der Waals surface area contributed by atoms with E-state index < -0.39 is 26.5 Å². The molecule has 8 heteroatoms. The summed E-state index contributed by atoms with van der Waals surface area (Å²) in [6, 6.07) is 3.88. The van der Waals surface area contributed by atoms with Gasteiger partial charge in [-0.25, -0.2) is 13.2 Å². The van der Waals surface area contributed by atoms with Crippen LogP contribution in [0.4, 0.5) is 5.69 Å². The molecule has 0 fully saturated rings. The second-order valence-corrected chi connectivity index (χ2v) is 7.71. The third-order valence-corrected chi connectivity index (χ3v) is 5.30. The fourth-order valence-electron chi connectivity index (χ4n) is 1.22. The van der Waals surface area contributed by atoms with E-state index in [4.69, 9.17) is 16.7 Å². The van der Waals surface area contributed by atoms with Crippen LogP contribution < -0.4 is 5.32 Å². The van der Waals surface area contributed by atoms with Crippen molar-refractivity contribution in [2.75, 3.05) is 11.6 Å². The van der Waals surface area contributed by atoms with Crippen LogP contribution in [0, 0.1) is 0 Å². The highest BCUT2D eigenvalue weighted by molar-refractivity contribution is 7.92. The molecule has 0 spiro atoms. The molecule has 1 aromatic carbocycles. The molecule has 0 radical (unpaired) electrons. The fraction of sp³-hybridized carbons (Fsp3) is 0.333. The largest absolute Gasteiger partial charge is 0.478 e. The molecular formula is C12H14ClNO5S. The van der Waals surface area contributed by atoms with Gasteiger partial charge in [-0.1, -0.05) is 11.6 Å². The Morgan fingerprint density at radius 3 is 2.30 bits per heavy atom. The van der Waals surface area contributed by atoms with Crippen LogP contribution in [-0.4, -0.2) is 36.4 Å². The SMILES string of the molecule is CC(C)(C(=O)Nc1ccc(Cl)c(C(=O)O)c1)S(C)(=O)=O. The Balaban J connectivity index is 3.09. The van der Waals surface area contributed by atoms with Crippen LogP contribution in [0.25, 0.3) is 0 Å². The van der Waals surface area contributed by atoms with Gasteiger partial charge in [0, 0.05) is 11.9 Å². The number of carbonyl (C=O) groups is 2. The van der Waals surface area contributed by atoms with Gasteiger partial charge in [-0.3, -0.25) is 4.79 Å². The van der Waals surface area contributed by atoms with Gasteiger partial charge in [0.1, 0.15) is 4.75 Å². The van der Waals surface area contributed by atoms with E-state index >= 15 is 0 Å². The van der Waals surface area contributed by atoms with Crippen molar-refractivity contribution < 1.29 is 23.1 Å². The lowest BCUT2D eigenvalue weighted by atomic mass is 10.1. The predicted molar refractivity (Wildman–Crippen MR) is 76.0 cm³/mol. The maximum Gasteiger partial charge on any atom is 0.337 e. The van der Waals surface area contributed by atoms with Gasteiger partial charge in [0.25, 0.3) is 0 Å². The third kappa shape index (κ3) is 3.29. The number of amides is 1. The van der Waals surface area contributed by atoms with Crippen molar-refractivity contribution in [1.29, 1.82) is 0 Å². The first-order valence-electron chi connectivity index (χ1n) is 5.50. The normalized spacial score (nSPS) is 12.0. The molecule has 1 amide bonds. The molecule has 0 heterocycles. The number of benzene rings is 1. The summed E-state index contributed by atoms with van der Waals surface area (Å²) in [6.07, 6.45) is 0.955. The summed E-state index contributed by atoms with van der Waals surface area (Å²) in [6.45, 7) is 2.54. The topological polar surface area (TPSA) is 101 Å². The zero-order valence-corrected chi connectivity index (χ0v) is 12.7. The van der Waals surface area contributed by atoms with Crippen molar-refractivity contribution in [3.63, 3.8) is 0 Å². The number of anilines is 1. The molecule has 0 aliphatic rings. The standard InChI is InChI=1S/C12H14ClNO5S/c1-12(2,20(3,18)19)11(17)14-7-4-5-9(13)8(6-7)10(15)16/h4-6H,1-3H3,(H,14,17)(H,15,16). The maximum absolute atomic E-state index is 12.0. The average molecular weight is 320 g/mol. The van der Waals surface area contributed by atoms with Crippen LogP contribution in [0.3, 0.4) is 0 Å². The maximum atomic E-state index is 12.0. The molecule has 6 nitrogen and oxygen atoms in total. The van der Waals surface area contributed by atoms with Crippen molar-refractivity contribution in [3.05, 3.63) is 28.8 Å². The van der Waals surface area contributed by atoms with Gasteiger partial charge in [0.15, 0.2) is 9.84 Å². The lowest BCUT2D eigenvalue weighted by Crippen LogP contribution is -2.43. The number of carboxylic acids is 1. The zero-order valence-electron chi connectivity index (χ0n) is 11.1. The molecule has 0 aromatic heterocycles. The second kappa shape index (κ2) is 5.41. The third-order valence-electron chi connectivity index (χ3n) is 2.93. The molecule has 2 N–H and O–H groups in total. The number of carboxylic acid groups (broad SMARTS) is 1. The summed E-state index contributed by atoms with van der Waals surface area (Å²) >= 11 is 5.70. The van der Waals surface area contributed by atoms with E-state index in [0.717, 1.165) is 6.26 Å². The molecule has 0 aliphatic heterocycles. The van der Waals surface area contributed by atoms with E-state index in [1.54, 1.807) is 0 Å². The lowest BCUT2D eigenvalue weighted by Gasteiger charge is -2.21. The van der Waals surface area contributed by atoms with Gasteiger partial charge < -0.3 is 10.4 Å². The minimum absolute atomic E-state index is 0.0258. The first kappa shape index (κ1) is 16.5. The van der Waals surface area contributed by atoms with E-state index in [9.17, 15) is 18.0 Å².